The van der Waals surface area contributed by atoms with Gasteiger partial charge in [0.15, 0.2) is 0 Å². The molecule has 7 nitrogen and oxygen atoms in total. The zero-order valence-corrected chi connectivity index (χ0v) is 13.5. The van der Waals surface area contributed by atoms with Crippen molar-refractivity contribution in [1.29, 1.82) is 0 Å². The SMILES string of the molecule is O=C(O)c1ccc(CNC(=O)[C@@H]2CC(=O)N(Cc3ccccc3)C2)o1. The van der Waals surface area contributed by atoms with Gasteiger partial charge in [0.1, 0.15) is 5.76 Å². The fraction of sp³-hybridized carbons (Fsp3) is 0.278. The number of hydrogen-bond donors (Lipinski definition) is 2. The van der Waals surface area contributed by atoms with E-state index in [1.54, 1.807) is 4.90 Å². The molecule has 0 spiro atoms. The van der Waals surface area contributed by atoms with E-state index in [0.717, 1.165) is 5.56 Å². The van der Waals surface area contributed by atoms with E-state index in [0.29, 0.717) is 18.8 Å². The highest BCUT2D eigenvalue weighted by atomic mass is 16.4. The molecular formula is C18H18N2O5. The van der Waals surface area contributed by atoms with E-state index in [2.05, 4.69) is 5.32 Å². The van der Waals surface area contributed by atoms with Crippen LogP contribution < -0.4 is 5.32 Å². The number of carboxylic acids is 1. The van der Waals surface area contributed by atoms with Gasteiger partial charge in [-0.15, -0.1) is 0 Å². The number of carboxylic acid groups (broad SMARTS) is 1. The van der Waals surface area contributed by atoms with Crippen molar-refractivity contribution in [2.24, 2.45) is 5.92 Å². The number of carbonyl (C=O) groups is 3. The Bertz CT molecular complexity index is 784. The van der Waals surface area contributed by atoms with Gasteiger partial charge in [-0.3, -0.25) is 9.59 Å². The number of amides is 2. The Morgan fingerprint density at radius 2 is 1.96 bits per heavy atom. The van der Waals surface area contributed by atoms with Crippen LogP contribution in [0.3, 0.4) is 0 Å². The quantitative estimate of drug-likeness (QED) is 0.831. The summed E-state index contributed by atoms with van der Waals surface area (Å²) in [6.07, 6.45) is 0.178. The smallest absolute Gasteiger partial charge is 0.371 e. The minimum atomic E-state index is -1.16. The van der Waals surface area contributed by atoms with Gasteiger partial charge < -0.3 is 19.7 Å². The first-order valence-electron chi connectivity index (χ1n) is 7.94. The maximum Gasteiger partial charge on any atom is 0.371 e. The monoisotopic (exact) mass is 342 g/mol. The molecule has 2 heterocycles. The van der Waals surface area contributed by atoms with Crippen LogP contribution in [0.2, 0.25) is 0 Å². The second kappa shape index (κ2) is 7.21. The lowest BCUT2D eigenvalue weighted by Gasteiger charge is -2.16. The molecule has 1 aromatic heterocycles. The maximum absolute atomic E-state index is 12.3. The number of likely N-dealkylation sites (tertiary alicyclic amines) is 1. The van der Waals surface area contributed by atoms with Gasteiger partial charge in [-0.25, -0.2) is 4.79 Å². The third kappa shape index (κ3) is 4.06. The normalized spacial score (nSPS) is 16.9. The molecular weight excluding hydrogens is 324 g/mol. The molecule has 2 aromatic rings. The zero-order valence-electron chi connectivity index (χ0n) is 13.5. The summed E-state index contributed by atoms with van der Waals surface area (Å²) in [5.74, 6) is -1.67. The van der Waals surface area contributed by atoms with Crippen molar-refractivity contribution in [2.75, 3.05) is 6.54 Å². The average molecular weight is 342 g/mol. The minimum Gasteiger partial charge on any atom is -0.475 e. The van der Waals surface area contributed by atoms with E-state index in [4.69, 9.17) is 9.52 Å². The summed E-state index contributed by atoms with van der Waals surface area (Å²) in [5.41, 5.74) is 1.02. The molecule has 0 unspecified atom stereocenters. The van der Waals surface area contributed by atoms with E-state index in [9.17, 15) is 14.4 Å². The van der Waals surface area contributed by atoms with Crippen LogP contribution in [0.1, 0.15) is 28.3 Å². The summed E-state index contributed by atoms with van der Waals surface area (Å²) in [4.78, 5) is 36.8. The van der Waals surface area contributed by atoms with E-state index in [1.165, 1.54) is 12.1 Å². The van der Waals surface area contributed by atoms with E-state index in [1.807, 2.05) is 30.3 Å². The fourth-order valence-electron chi connectivity index (χ4n) is 2.81. The summed E-state index contributed by atoms with van der Waals surface area (Å²) in [7, 11) is 0. The summed E-state index contributed by atoms with van der Waals surface area (Å²) in [6.45, 7) is 0.956. The molecule has 0 saturated carbocycles. The second-order valence-electron chi connectivity index (χ2n) is 5.95. The Labute approximate surface area is 144 Å². The Hall–Kier alpha value is -3.09. The van der Waals surface area contributed by atoms with Crippen molar-refractivity contribution in [1.82, 2.24) is 10.2 Å². The minimum absolute atomic E-state index is 0.0461. The highest BCUT2D eigenvalue weighted by Crippen LogP contribution is 2.20. The molecule has 2 amide bonds. The standard InChI is InChI=1S/C18H18N2O5/c21-16-8-13(11-20(16)10-12-4-2-1-3-5-12)17(22)19-9-14-6-7-15(25-14)18(23)24/h1-7,13H,8-11H2,(H,19,22)(H,23,24)/t13-/m1/s1. The maximum atomic E-state index is 12.3. The molecule has 0 aliphatic carbocycles. The van der Waals surface area contributed by atoms with Gasteiger partial charge in [0, 0.05) is 19.5 Å². The predicted molar refractivity (Wildman–Crippen MR) is 87.5 cm³/mol. The Balaban J connectivity index is 1.52. The van der Waals surface area contributed by atoms with Crippen molar-refractivity contribution in [2.45, 2.75) is 19.5 Å². The number of furan rings is 1. The van der Waals surface area contributed by atoms with Crippen molar-refractivity contribution >= 4 is 17.8 Å². The summed E-state index contributed by atoms with van der Waals surface area (Å²) in [5, 5.41) is 11.5. The predicted octanol–water partition coefficient (Wildman–Crippen LogP) is 1.64. The van der Waals surface area contributed by atoms with Crippen molar-refractivity contribution in [3.8, 4) is 0 Å². The van der Waals surface area contributed by atoms with Crippen LogP contribution in [0, 0.1) is 5.92 Å². The molecule has 0 radical (unpaired) electrons. The molecule has 1 aliphatic rings. The van der Waals surface area contributed by atoms with Crippen LogP contribution in [-0.2, 0) is 22.7 Å². The number of nitrogens with zero attached hydrogens (tertiary/aromatic N) is 1. The molecule has 1 fully saturated rings. The zero-order chi connectivity index (χ0) is 17.8. The van der Waals surface area contributed by atoms with Crippen LogP contribution >= 0.6 is 0 Å². The number of rotatable bonds is 6. The lowest BCUT2D eigenvalue weighted by atomic mass is 10.1. The number of carbonyl (C=O) groups excluding carboxylic acids is 2. The highest BCUT2D eigenvalue weighted by molar-refractivity contribution is 5.89. The molecule has 7 heteroatoms. The third-order valence-corrected chi connectivity index (χ3v) is 4.11. The fourth-order valence-corrected chi connectivity index (χ4v) is 2.81. The molecule has 130 valence electrons. The topological polar surface area (TPSA) is 99.8 Å². The van der Waals surface area contributed by atoms with Crippen LogP contribution in [0.15, 0.2) is 46.9 Å². The number of nitrogens with one attached hydrogen (secondary N) is 1. The van der Waals surface area contributed by atoms with Crippen molar-refractivity contribution < 1.29 is 23.9 Å². The van der Waals surface area contributed by atoms with Crippen LogP contribution in [0.25, 0.3) is 0 Å². The first-order chi connectivity index (χ1) is 12.0. The molecule has 0 bridgehead atoms. The van der Waals surface area contributed by atoms with Crippen LogP contribution in [0.4, 0.5) is 0 Å². The molecule has 1 aromatic carbocycles. The molecule has 3 rings (SSSR count). The average Bonchev–Trinajstić information content (AvgIpc) is 3.21. The lowest BCUT2D eigenvalue weighted by molar-refractivity contribution is -0.129. The van der Waals surface area contributed by atoms with Gasteiger partial charge in [-0.2, -0.15) is 0 Å². The van der Waals surface area contributed by atoms with Crippen LogP contribution in [-0.4, -0.2) is 34.3 Å². The Morgan fingerprint density at radius 3 is 2.64 bits per heavy atom. The summed E-state index contributed by atoms with van der Waals surface area (Å²) < 4.78 is 5.09. The van der Waals surface area contributed by atoms with E-state index >= 15 is 0 Å². The summed E-state index contributed by atoms with van der Waals surface area (Å²) in [6, 6.07) is 12.5. The Kier molecular flexibility index (Phi) is 4.83. The lowest BCUT2D eigenvalue weighted by Crippen LogP contribution is -2.32. The van der Waals surface area contributed by atoms with Crippen LogP contribution in [0.5, 0.6) is 0 Å². The van der Waals surface area contributed by atoms with Gasteiger partial charge >= 0.3 is 5.97 Å². The third-order valence-electron chi connectivity index (χ3n) is 4.11. The Morgan fingerprint density at radius 1 is 1.20 bits per heavy atom. The number of hydrogen-bond acceptors (Lipinski definition) is 4. The summed E-state index contributed by atoms with van der Waals surface area (Å²) >= 11 is 0. The van der Waals surface area contributed by atoms with E-state index < -0.39 is 11.9 Å². The van der Waals surface area contributed by atoms with Gasteiger partial charge in [0.05, 0.1) is 12.5 Å². The van der Waals surface area contributed by atoms with E-state index in [-0.39, 0.29) is 30.5 Å². The van der Waals surface area contributed by atoms with Gasteiger partial charge in [-0.1, -0.05) is 30.3 Å². The largest absolute Gasteiger partial charge is 0.475 e. The van der Waals surface area contributed by atoms with Gasteiger partial charge in [0.2, 0.25) is 17.6 Å². The molecule has 1 aliphatic heterocycles. The molecule has 25 heavy (non-hydrogen) atoms. The first-order valence-corrected chi connectivity index (χ1v) is 7.94. The molecule has 2 N–H and O–H groups in total. The van der Waals surface area contributed by atoms with Crippen molar-refractivity contribution in [3.05, 3.63) is 59.5 Å². The number of benzene rings is 1. The first kappa shape index (κ1) is 16.8. The van der Waals surface area contributed by atoms with Gasteiger partial charge in [0.25, 0.3) is 0 Å². The second-order valence-corrected chi connectivity index (χ2v) is 5.95. The van der Waals surface area contributed by atoms with Gasteiger partial charge in [-0.05, 0) is 17.7 Å². The van der Waals surface area contributed by atoms with Crippen molar-refractivity contribution in [3.63, 3.8) is 0 Å². The number of aromatic carboxylic acids is 1. The highest BCUT2D eigenvalue weighted by Gasteiger charge is 2.34. The molecule has 1 atom stereocenters. The molecule has 1 saturated heterocycles.